The van der Waals surface area contributed by atoms with E-state index in [1.165, 1.54) is 6.42 Å². The van der Waals surface area contributed by atoms with Crippen molar-refractivity contribution in [3.63, 3.8) is 0 Å². The first-order chi connectivity index (χ1) is 14.7. The zero-order valence-corrected chi connectivity index (χ0v) is 17.5. The minimum Gasteiger partial charge on any atom is -0.497 e. The van der Waals surface area contributed by atoms with Crippen molar-refractivity contribution in [3.05, 3.63) is 59.7 Å². The summed E-state index contributed by atoms with van der Waals surface area (Å²) in [5, 5.41) is 5.86. The van der Waals surface area contributed by atoms with Gasteiger partial charge in [0, 0.05) is 18.0 Å². The highest BCUT2D eigenvalue weighted by Crippen LogP contribution is 2.23. The summed E-state index contributed by atoms with van der Waals surface area (Å²) < 4.78 is 10.7. The Hall–Kier alpha value is -3.02. The second-order valence-corrected chi connectivity index (χ2v) is 7.53. The predicted molar refractivity (Wildman–Crippen MR) is 116 cm³/mol. The van der Waals surface area contributed by atoms with E-state index in [1.54, 1.807) is 19.2 Å². The lowest BCUT2D eigenvalue weighted by atomic mass is 9.88. The highest BCUT2D eigenvalue weighted by Gasteiger charge is 2.20. The fraction of sp³-hybridized carbons (Fsp3) is 0.417. The molecule has 2 N–H and O–H groups in total. The Morgan fingerprint density at radius 3 is 2.23 bits per heavy atom. The molecule has 1 aliphatic carbocycles. The first-order valence-electron chi connectivity index (χ1n) is 10.6. The van der Waals surface area contributed by atoms with Crippen LogP contribution in [0.3, 0.4) is 0 Å². The second-order valence-electron chi connectivity index (χ2n) is 7.53. The number of amides is 2. The van der Waals surface area contributed by atoms with Gasteiger partial charge in [-0.15, -0.1) is 0 Å². The van der Waals surface area contributed by atoms with Crippen molar-refractivity contribution < 1.29 is 19.1 Å². The number of hydrogen-bond donors (Lipinski definition) is 2. The van der Waals surface area contributed by atoms with Crippen LogP contribution in [0.4, 0.5) is 0 Å². The number of ether oxygens (including phenoxy) is 2. The number of carbonyl (C=O) groups excluding carboxylic acids is 2. The van der Waals surface area contributed by atoms with E-state index in [9.17, 15) is 9.59 Å². The Bertz CT molecular complexity index is 812. The molecule has 2 amide bonds. The molecule has 3 rings (SSSR count). The number of methoxy groups -OCH3 is 1. The fourth-order valence-electron chi connectivity index (χ4n) is 3.58. The molecule has 6 heteroatoms. The summed E-state index contributed by atoms with van der Waals surface area (Å²) in [5.74, 6) is 1.65. The molecule has 1 aliphatic rings. The van der Waals surface area contributed by atoms with Crippen LogP contribution in [-0.4, -0.2) is 32.1 Å². The van der Waals surface area contributed by atoms with Gasteiger partial charge >= 0.3 is 0 Å². The van der Waals surface area contributed by atoms with Gasteiger partial charge in [0.2, 0.25) is 5.91 Å². The summed E-state index contributed by atoms with van der Waals surface area (Å²) in [6, 6.07) is 14.6. The molecule has 30 heavy (non-hydrogen) atoms. The maximum Gasteiger partial charge on any atom is 0.251 e. The van der Waals surface area contributed by atoms with Crippen LogP contribution in [0.2, 0.25) is 0 Å². The van der Waals surface area contributed by atoms with Crippen LogP contribution in [0.1, 0.15) is 48.0 Å². The minimum atomic E-state index is -0.147. The Kier molecular flexibility index (Phi) is 8.12. The molecule has 0 bridgehead atoms. The Morgan fingerprint density at radius 1 is 0.900 bits per heavy atom. The number of carbonyl (C=O) groups is 2. The lowest BCUT2D eigenvalue weighted by Gasteiger charge is -2.20. The van der Waals surface area contributed by atoms with Crippen molar-refractivity contribution in [2.24, 2.45) is 5.92 Å². The third-order valence-electron chi connectivity index (χ3n) is 5.37. The van der Waals surface area contributed by atoms with Crippen molar-refractivity contribution in [2.75, 3.05) is 20.3 Å². The molecule has 2 aromatic carbocycles. The van der Waals surface area contributed by atoms with Gasteiger partial charge in [0.15, 0.2) is 0 Å². The fourth-order valence-corrected chi connectivity index (χ4v) is 3.58. The quantitative estimate of drug-likeness (QED) is 0.618. The van der Waals surface area contributed by atoms with Gasteiger partial charge in [-0.25, -0.2) is 0 Å². The van der Waals surface area contributed by atoms with E-state index in [4.69, 9.17) is 9.47 Å². The molecule has 0 unspecified atom stereocenters. The molecule has 1 saturated carbocycles. The Morgan fingerprint density at radius 2 is 1.57 bits per heavy atom. The summed E-state index contributed by atoms with van der Waals surface area (Å²) in [4.78, 5) is 24.5. The molecule has 2 aromatic rings. The van der Waals surface area contributed by atoms with Crippen molar-refractivity contribution in [1.82, 2.24) is 10.6 Å². The highest BCUT2D eigenvalue weighted by molar-refractivity contribution is 5.94. The average molecular weight is 411 g/mol. The summed E-state index contributed by atoms with van der Waals surface area (Å²) in [7, 11) is 1.62. The van der Waals surface area contributed by atoms with Crippen molar-refractivity contribution >= 4 is 11.8 Å². The maximum atomic E-state index is 12.3. The Labute approximate surface area is 178 Å². The van der Waals surface area contributed by atoms with Crippen LogP contribution in [0.15, 0.2) is 48.5 Å². The third kappa shape index (κ3) is 6.51. The van der Waals surface area contributed by atoms with Gasteiger partial charge < -0.3 is 20.1 Å². The van der Waals surface area contributed by atoms with Gasteiger partial charge in [0.1, 0.15) is 18.1 Å². The first-order valence-corrected chi connectivity index (χ1v) is 10.6. The first kappa shape index (κ1) is 21.7. The minimum absolute atomic E-state index is 0.147. The normalized spacial score (nSPS) is 14.0. The molecule has 0 saturated heterocycles. The van der Waals surface area contributed by atoms with E-state index < -0.39 is 0 Å². The van der Waals surface area contributed by atoms with Crippen LogP contribution in [0.5, 0.6) is 11.5 Å². The lowest BCUT2D eigenvalue weighted by molar-refractivity contribution is -0.126. The molecule has 0 aromatic heterocycles. The zero-order valence-electron chi connectivity index (χ0n) is 17.5. The molecule has 160 valence electrons. The topological polar surface area (TPSA) is 76.7 Å². The largest absolute Gasteiger partial charge is 0.497 e. The van der Waals surface area contributed by atoms with Gasteiger partial charge in [0.05, 0.1) is 13.7 Å². The zero-order chi connectivity index (χ0) is 21.2. The molecule has 0 heterocycles. The van der Waals surface area contributed by atoms with Crippen LogP contribution >= 0.6 is 0 Å². The number of rotatable bonds is 9. The summed E-state index contributed by atoms with van der Waals surface area (Å²) in [6.07, 6.45) is 5.52. The molecule has 0 aliphatic heterocycles. The molecule has 6 nitrogen and oxygen atoms in total. The number of hydrogen-bond acceptors (Lipinski definition) is 4. The van der Waals surface area contributed by atoms with Gasteiger partial charge in [-0.2, -0.15) is 0 Å². The van der Waals surface area contributed by atoms with Crippen LogP contribution in [0.25, 0.3) is 0 Å². The summed E-state index contributed by atoms with van der Waals surface area (Å²) in [6.45, 7) is 1.28. The van der Waals surface area contributed by atoms with E-state index >= 15 is 0 Å². The molecule has 0 radical (unpaired) electrons. The van der Waals surface area contributed by atoms with E-state index in [0.29, 0.717) is 25.3 Å². The third-order valence-corrected chi connectivity index (χ3v) is 5.37. The van der Waals surface area contributed by atoms with Crippen LogP contribution < -0.4 is 20.1 Å². The van der Waals surface area contributed by atoms with Crippen molar-refractivity contribution in [2.45, 2.75) is 38.6 Å². The maximum absolute atomic E-state index is 12.3. The average Bonchev–Trinajstić information content (AvgIpc) is 2.81. The van der Waals surface area contributed by atoms with E-state index in [0.717, 1.165) is 42.7 Å². The van der Waals surface area contributed by atoms with Crippen LogP contribution in [0, 0.1) is 5.92 Å². The van der Waals surface area contributed by atoms with Crippen molar-refractivity contribution in [1.29, 1.82) is 0 Å². The van der Waals surface area contributed by atoms with Gasteiger partial charge in [-0.3, -0.25) is 9.59 Å². The number of nitrogens with one attached hydrogen (secondary N) is 2. The number of benzene rings is 2. The lowest BCUT2D eigenvalue weighted by Crippen LogP contribution is -2.31. The van der Waals surface area contributed by atoms with Gasteiger partial charge in [0.25, 0.3) is 5.91 Å². The second kappa shape index (κ2) is 11.2. The van der Waals surface area contributed by atoms with E-state index in [-0.39, 0.29) is 17.7 Å². The van der Waals surface area contributed by atoms with Gasteiger partial charge in [-0.05, 0) is 54.8 Å². The monoisotopic (exact) mass is 410 g/mol. The molecule has 0 spiro atoms. The predicted octanol–water partition coefficient (Wildman–Crippen LogP) is 3.70. The van der Waals surface area contributed by atoms with E-state index in [2.05, 4.69) is 10.6 Å². The van der Waals surface area contributed by atoms with E-state index in [1.807, 2.05) is 36.4 Å². The molecular weight excluding hydrogens is 380 g/mol. The highest BCUT2D eigenvalue weighted by atomic mass is 16.5. The molecule has 1 fully saturated rings. The summed E-state index contributed by atoms with van der Waals surface area (Å²) >= 11 is 0. The van der Waals surface area contributed by atoms with Crippen LogP contribution in [-0.2, 0) is 11.3 Å². The standard InChI is InChI=1S/C24H30N2O4/c1-29-21-11-13-22(14-12-21)30-16-15-25-23(27)20-9-7-18(8-10-20)17-26-24(28)19-5-3-2-4-6-19/h7-14,19H,2-6,15-17H2,1H3,(H,25,27)(H,26,28). The molecule has 0 atom stereocenters. The molecular formula is C24H30N2O4. The van der Waals surface area contributed by atoms with Gasteiger partial charge in [-0.1, -0.05) is 31.4 Å². The Balaban J connectivity index is 1.37. The SMILES string of the molecule is COc1ccc(OCCNC(=O)c2ccc(CNC(=O)C3CCCCC3)cc2)cc1. The summed E-state index contributed by atoms with van der Waals surface area (Å²) in [5.41, 5.74) is 1.57. The van der Waals surface area contributed by atoms with Crippen molar-refractivity contribution in [3.8, 4) is 11.5 Å². The smallest absolute Gasteiger partial charge is 0.251 e.